The highest BCUT2D eigenvalue weighted by atomic mass is 19.4. The minimum absolute atomic E-state index is 0.212. The Labute approximate surface area is 193 Å². The molecule has 1 atom stereocenters. The zero-order valence-corrected chi connectivity index (χ0v) is 19.5. The highest BCUT2D eigenvalue weighted by Crippen LogP contribution is 2.33. The highest BCUT2D eigenvalue weighted by molar-refractivity contribution is 6.07. The van der Waals surface area contributed by atoms with E-state index < -0.39 is 11.7 Å². The van der Waals surface area contributed by atoms with Crippen molar-refractivity contribution in [2.24, 2.45) is 15.9 Å². The van der Waals surface area contributed by atoms with Crippen molar-refractivity contribution in [3.05, 3.63) is 88.7 Å². The molecular weight excluding hydrogens is 423 g/mol. The molecule has 0 radical (unpaired) electrons. The van der Waals surface area contributed by atoms with Gasteiger partial charge in [0.15, 0.2) is 0 Å². The van der Waals surface area contributed by atoms with Crippen molar-refractivity contribution < 1.29 is 13.2 Å². The molecule has 3 nitrogen and oxygen atoms in total. The summed E-state index contributed by atoms with van der Waals surface area (Å²) < 4.78 is 39.9. The molecule has 0 N–H and O–H groups in total. The van der Waals surface area contributed by atoms with E-state index in [4.69, 9.17) is 4.99 Å². The summed E-state index contributed by atoms with van der Waals surface area (Å²) in [6.45, 7) is 9.46. The largest absolute Gasteiger partial charge is 0.416 e. The van der Waals surface area contributed by atoms with Gasteiger partial charge in [-0.05, 0) is 93.8 Å². The third-order valence-electron chi connectivity index (χ3n) is 5.35. The second kappa shape index (κ2) is 10.1. The third-order valence-corrected chi connectivity index (χ3v) is 5.35. The monoisotopic (exact) mass is 451 g/mol. The number of hydrogen-bond donors (Lipinski definition) is 0. The molecule has 0 amide bonds. The van der Waals surface area contributed by atoms with Crippen LogP contribution in [0.15, 0.2) is 70.8 Å². The molecule has 0 aliphatic carbocycles. The molecule has 0 saturated heterocycles. The van der Waals surface area contributed by atoms with Gasteiger partial charge in [0, 0.05) is 35.7 Å². The van der Waals surface area contributed by atoms with E-state index in [0.717, 1.165) is 40.4 Å². The lowest BCUT2D eigenvalue weighted by Crippen LogP contribution is -2.23. The topological polar surface area (TPSA) is 37.6 Å². The minimum atomic E-state index is -4.42. The van der Waals surface area contributed by atoms with E-state index in [2.05, 4.69) is 16.0 Å². The second-order valence-corrected chi connectivity index (χ2v) is 8.49. The fourth-order valence-electron chi connectivity index (χ4n) is 3.90. The average Bonchev–Trinajstić information content (AvgIpc) is 2.70. The van der Waals surface area contributed by atoms with Crippen molar-refractivity contribution in [1.82, 2.24) is 4.98 Å². The highest BCUT2D eigenvalue weighted by Gasteiger charge is 2.31. The van der Waals surface area contributed by atoms with Gasteiger partial charge in [-0.3, -0.25) is 15.0 Å². The summed E-state index contributed by atoms with van der Waals surface area (Å²) in [4.78, 5) is 13.9. The maximum Gasteiger partial charge on any atom is 0.416 e. The van der Waals surface area contributed by atoms with Crippen molar-refractivity contribution in [2.75, 3.05) is 0 Å². The van der Waals surface area contributed by atoms with E-state index in [1.54, 1.807) is 19.2 Å². The molecule has 3 rings (SSSR count). The Morgan fingerprint density at radius 1 is 0.818 bits per heavy atom. The predicted octanol–water partition coefficient (Wildman–Crippen LogP) is 7.77. The van der Waals surface area contributed by atoms with Gasteiger partial charge < -0.3 is 0 Å². The molecule has 0 aliphatic heterocycles. The van der Waals surface area contributed by atoms with Crippen molar-refractivity contribution in [1.29, 1.82) is 0 Å². The van der Waals surface area contributed by atoms with Gasteiger partial charge in [0.1, 0.15) is 0 Å². The molecule has 6 heteroatoms. The van der Waals surface area contributed by atoms with Crippen LogP contribution in [0, 0.1) is 26.7 Å². The predicted molar refractivity (Wildman–Crippen MR) is 129 cm³/mol. The van der Waals surface area contributed by atoms with Gasteiger partial charge in [0.25, 0.3) is 0 Å². The number of alkyl halides is 3. The Morgan fingerprint density at radius 3 is 1.88 bits per heavy atom. The number of hydrogen-bond acceptors (Lipinski definition) is 3. The van der Waals surface area contributed by atoms with Crippen LogP contribution in [0.3, 0.4) is 0 Å². The van der Waals surface area contributed by atoms with Gasteiger partial charge in [-0.2, -0.15) is 13.2 Å². The lowest BCUT2D eigenvalue weighted by Gasteiger charge is -2.18. The number of halogens is 3. The fourth-order valence-corrected chi connectivity index (χ4v) is 3.90. The first-order valence-electron chi connectivity index (χ1n) is 10.8. The maximum atomic E-state index is 13.3. The summed E-state index contributed by atoms with van der Waals surface area (Å²) >= 11 is 0. The Morgan fingerprint density at radius 2 is 1.36 bits per heavy atom. The quantitative estimate of drug-likeness (QED) is 0.353. The van der Waals surface area contributed by atoms with Crippen LogP contribution in [0.2, 0.25) is 0 Å². The van der Waals surface area contributed by atoms with E-state index in [-0.39, 0.29) is 11.6 Å². The molecule has 1 aromatic heterocycles. The van der Waals surface area contributed by atoms with E-state index in [1.807, 2.05) is 58.0 Å². The normalized spacial score (nSPS) is 13.8. The molecule has 172 valence electrons. The molecule has 33 heavy (non-hydrogen) atoms. The Kier molecular flexibility index (Phi) is 7.46. The zero-order valence-electron chi connectivity index (χ0n) is 19.5. The lowest BCUT2D eigenvalue weighted by atomic mass is 9.93. The fraction of sp³-hybridized carbons (Fsp3) is 0.296. The summed E-state index contributed by atoms with van der Waals surface area (Å²) in [7, 11) is 0. The third kappa shape index (κ3) is 6.85. The molecule has 2 aromatic carbocycles. The van der Waals surface area contributed by atoms with Crippen molar-refractivity contribution in [3.63, 3.8) is 0 Å². The first-order valence-corrected chi connectivity index (χ1v) is 10.8. The number of nitrogens with zero attached hydrogens (tertiary/aromatic N) is 3. The number of pyridine rings is 1. The van der Waals surface area contributed by atoms with E-state index in [9.17, 15) is 13.2 Å². The van der Waals surface area contributed by atoms with Crippen LogP contribution in [0.4, 0.5) is 24.5 Å². The summed E-state index contributed by atoms with van der Waals surface area (Å²) in [5.74, 6) is -0.212. The molecule has 0 spiro atoms. The van der Waals surface area contributed by atoms with Crippen molar-refractivity contribution >= 4 is 22.8 Å². The van der Waals surface area contributed by atoms with Gasteiger partial charge in [-0.25, -0.2) is 0 Å². The summed E-state index contributed by atoms with van der Waals surface area (Å²) in [6.07, 6.45) is -2.14. The first-order chi connectivity index (χ1) is 15.5. The van der Waals surface area contributed by atoms with Gasteiger partial charge in [0.2, 0.25) is 0 Å². The molecule has 0 bridgehead atoms. The van der Waals surface area contributed by atoms with Crippen molar-refractivity contribution in [3.8, 4) is 0 Å². The van der Waals surface area contributed by atoms with Crippen molar-refractivity contribution in [2.45, 2.75) is 47.2 Å². The van der Waals surface area contributed by atoms with Crippen LogP contribution < -0.4 is 0 Å². The van der Waals surface area contributed by atoms with Crippen LogP contribution in [0.1, 0.15) is 41.8 Å². The molecule has 0 saturated carbocycles. The minimum Gasteiger partial charge on any atom is -0.261 e. The summed E-state index contributed by atoms with van der Waals surface area (Å²) in [6, 6.07) is 15.7. The van der Waals surface area contributed by atoms with Gasteiger partial charge in [-0.1, -0.05) is 12.1 Å². The molecular formula is C27H28F3N3. The number of rotatable bonds is 6. The van der Waals surface area contributed by atoms with Crippen LogP contribution in [-0.4, -0.2) is 16.4 Å². The Balaban J connectivity index is 2.03. The van der Waals surface area contributed by atoms with Crippen LogP contribution in [0.25, 0.3) is 0 Å². The van der Waals surface area contributed by atoms with E-state index >= 15 is 0 Å². The molecule has 3 aromatic rings. The standard InChI is InChI=1S/C27H28F3N3/c1-17-10-18(2)13-24(12-17)32-20(4)26(16-23-8-6-7-9-31-23)21(5)33-25-14-19(3)11-22(15-25)27(28,29)30/h6-15,26H,16H2,1-5H3. The van der Waals surface area contributed by atoms with E-state index in [1.165, 1.54) is 0 Å². The molecule has 0 fully saturated rings. The number of aryl methyl sites for hydroxylation is 3. The van der Waals surface area contributed by atoms with E-state index in [0.29, 0.717) is 17.7 Å². The summed E-state index contributed by atoms with van der Waals surface area (Å²) in [5, 5.41) is 0. The molecule has 1 heterocycles. The summed E-state index contributed by atoms with van der Waals surface area (Å²) in [5.41, 5.74) is 5.56. The number of benzene rings is 2. The molecule has 0 aliphatic rings. The first kappa shape index (κ1) is 24.4. The number of aromatic nitrogens is 1. The molecule has 1 unspecified atom stereocenters. The maximum absolute atomic E-state index is 13.3. The van der Waals surface area contributed by atoms with Gasteiger partial charge >= 0.3 is 6.18 Å². The van der Waals surface area contributed by atoms with Gasteiger partial charge in [-0.15, -0.1) is 0 Å². The Hall–Kier alpha value is -3.28. The zero-order chi connectivity index (χ0) is 24.2. The van der Waals surface area contributed by atoms with Crippen LogP contribution >= 0.6 is 0 Å². The second-order valence-electron chi connectivity index (χ2n) is 8.49. The SMILES string of the molecule is CC(=Nc1cc(C)cc(C)c1)C(Cc1ccccn1)C(C)=Nc1cc(C)cc(C(F)(F)F)c1. The average molecular weight is 452 g/mol. The lowest BCUT2D eigenvalue weighted by molar-refractivity contribution is -0.137. The number of aliphatic imine (C=N–C) groups is 2. The van der Waals surface area contributed by atoms with Gasteiger partial charge in [0.05, 0.1) is 16.9 Å². The van der Waals surface area contributed by atoms with Crippen LogP contribution in [-0.2, 0) is 12.6 Å². The Bertz CT molecular complexity index is 1160. The smallest absolute Gasteiger partial charge is 0.261 e. The van der Waals surface area contributed by atoms with Crippen LogP contribution in [0.5, 0.6) is 0 Å².